The Morgan fingerprint density at radius 2 is 2.33 bits per heavy atom. The predicted octanol–water partition coefficient (Wildman–Crippen LogP) is 3.18. The summed E-state index contributed by atoms with van der Waals surface area (Å²) in [6, 6.07) is 0. The lowest BCUT2D eigenvalue weighted by atomic mass is 9.88. The predicted molar refractivity (Wildman–Crippen MR) is 61.4 cm³/mol. The van der Waals surface area contributed by atoms with Crippen LogP contribution in [0, 0.1) is 17.8 Å². The molecule has 0 saturated carbocycles. The monoisotopic (exact) mass is 210 g/mol. The van der Waals surface area contributed by atoms with Gasteiger partial charge in [0, 0.05) is 0 Å². The van der Waals surface area contributed by atoms with Crippen LogP contribution in [0.2, 0.25) is 0 Å². The van der Waals surface area contributed by atoms with Crippen molar-refractivity contribution in [2.75, 3.05) is 6.61 Å². The molecule has 0 amide bonds. The molecule has 0 N–H and O–H groups in total. The lowest BCUT2D eigenvalue weighted by molar-refractivity contribution is -0.150. The fourth-order valence-electron chi connectivity index (χ4n) is 1.75. The Morgan fingerprint density at radius 1 is 1.60 bits per heavy atom. The van der Waals surface area contributed by atoms with E-state index in [1.807, 2.05) is 0 Å². The first-order chi connectivity index (χ1) is 7.13. The molecule has 0 aromatic rings. The van der Waals surface area contributed by atoms with Crippen molar-refractivity contribution in [1.29, 1.82) is 0 Å². The van der Waals surface area contributed by atoms with E-state index in [-0.39, 0.29) is 11.9 Å². The molecule has 0 aromatic heterocycles. The first-order valence-electron chi connectivity index (χ1n) is 5.96. The molecule has 1 rings (SSSR count). The van der Waals surface area contributed by atoms with E-state index in [9.17, 15) is 4.79 Å². The number of esters is 1. The zero-order chi connectivity index (χ0) is 11.3. The van der Waals surface area contributed by atoms with Crippen LogP contribution in [0.25, 0.3) is 0 Å². The van der Waals surface area contributed by atoms with Gasteiger partial charge in [-0.1, -0.05) is 39.3 Å². The van der Waals surface area contributed by atoms with Crippen LogP contribution in [0.1, 0.15) is 40.0 Å². The Labute approximate surface area is 92.7 Å². The summed E-state index contributed by atoms with van der Waals surface area (Å²) in [4.78, 5) is 11.7. The molecule has 3 atom stereocenters. The number of carbonyl (C=O) groups is 1. The normalized spacial score (nSPS) is 27.4. The summed E-state index contributed by atoms with van der Waals surface area (Å²) in [7, 11) is 0. The van der Waals surface area contributed by atoms with E-state index in [0.29, 0.717) is 18.4 Å². The molecule has 0 saturated heterocycles. The zero-order valence-corrected chi connectivity index (χ0v) is 10.0. The number of hydrogen-bond donors (Lipinski definition) is 0. The van der Waals surface area contributed by atoms with E-state index in [0.717, 1.165) is 19.3 Å². The minimum absolute atomic E-state index is 0.00787. The van der Waals surface area contributed by atoms with Gasteiger partial charge in [0.2, 0.25) is 0 Å². The first kappa shape index (κ1) is 12.3. The van der Waals surface area contributed by atoms with Gasteiger partial charge in [0.1, 0.15) is 0 Å². The molecule has 2 heteroatoms. The average Bonchev–Trinajstić information content (AvgIpc) is 2.25. The summed E-state index contributed by atoms with van der Waals surface area (Å²) in [6.07, 6.45) is 7.13. The second-order valence-electron chi connectivity index (χ2n) is 4.72. The smallest absolute Gasteiger partial charge is 0.309 e. The Bertz CT molecular complexity index is 233. The second-order valence-corrected chi connectivity index (χ2v) is 4.72. The minimum atomic E-state index is -0.00787. The second kappa shape index (κ2) is 5.94. The highest BCUT2D eigenvalue weighted by molar-refractivity contribution is 5.72. The molecule has 0 fully saturated rings. The molecule has 1 aliphatic rings. The molecule has 0 radical (unpaired) electrons. The summed E-state index contributed by atoms with van der Waals surface area (Å²) in [5.74, 6) is 1.07. The maximum absolute atomic E-state index is 11.7. The summed E-state index contributed by atoms with van der Waals surface area (Å²) in [5.41, 5.74) is 0. The summed E-state index contributed by atoms with van der Waals surface area (Å²) in [6.45, 7) is 6.94. The van der Waals surface area contributed by atoms with Crippen LogP contribution in [-0.4, -0.2) is 12.6 Å². The van der Waals surface area contributed by atoms with Crippen LogP contribution in [-0.2, 0) is 9.53 Å². The van der Waals surface area contributed by atoms with Crippen LogP contribution >= 0.6 is 0 Å². The molecule has 3 unspecified atom stereocenters. The van der Waals surface area contributed by atoms with Crippen LogP contribution in [0.5, 0.6) is 0 Å². The Hall–Kier alpha value is -0.790. The van der Waals surface area contributed by atoms with Gasteiger partial charge in [-0.3, -0.25) is 4.79 Å². The number of hydrogen-bond acceptors (Lipinski definition) is 2. The summed E-state index contributed by atoms with van der Waals surface area (Å²) < 4.78 is 5.31. The number of allylic oxidation sites excluding steroid dienone is 2. The van der Waals surface area contributed by atoms with Crippen molar-refractivity contribution in [2.24, 2.45) is 17.8 Å². The fourth-order valence-corrected chi connectivity index (χ4v) is 1.75. The molecule has 86 valence electrons. The van der Waals surface area contributed by atoms with Gasteiger partial charge in [-0.15, -0.1) is 0 Å². The molecule has 0 heterocycles. The van der Waals surface area contributed by atoms with Gasteiger partial charge in [0.25, 0.3) is 0 Å². The molecule has 0 spiro atoms. The SMILES string of the molecule is CCC(C)COC(=O)C1CC=CC(C)C1. The summed E-state index contributed by atoms with van der Waals surface area (Å²) >= 11 is 0. The average molecular weight is 210 g/mol. The summed E-state index contributed by atoms with van der Waals surface area (Å²) in [5, 5.41) is 0. The highest BCUT2D eigenvalue weighted by Crippen LogP contribution is 2.24. The van der Waals surface area contributed by atoms with E-state index in [4.69, 9.17) is 4.74 Å². The van der Waals surface area contributed by atoms with Crippen molar-refractivity contribution in [1.82, 2.24) is 0 Å². The minimum Gasteiger partial charge on any atom is -0.465 e. The van der Waals surface area contributed by atoms with Crippen LogP contribution in [0.4, 0.5) is 0 Å². The molecular formula is C13H22O2. The Balaban J connectivity index is 2.31. The highest BCUT2D eigenvalue weighted by atomic mass is 16.5. The van der Waals surface area contributed by atoms with Crippen LogP contribution in [0.3, 0.4) is 0 Å². The van der Waals surface area contributed by atoms with Gasteiger partial charge in [-0.05, 0) is 24.7 Å². The molecule has 0 aliphatic heterocycles. The maximum atomic E-state index is 11.7. The Morgan fingerprint density at radius 3 is 2.93 bits per heavy atom. The number of ether oxygens (including phenoxy) is 1. The lowest BCUT2D eigenvalue weighted by Gasteiger charge is -2.21. The third-order valence-corrected chi connectivity index (χ3v) is 3.08. The van der Waals surface area contributed by atoms with E-state index in [2.05, 4.69) is 32.9 Å². The highest BCUT2D eigenvalue weighted by Gasteiger charge is 2.23. The number of carbonyl (C=O) groups excluding carboxylic acids is 1. The van der Waals surface area contributed by atoms with Gasteiger partial charge in [0.15, 0.2) is 0 Å². The Kier molecular flexibility index (Phi) is 4.86. The van der Waals surface area contributed by atoms with Crippen molar-refractivity contribution in [3.63, 3.8) is 0 Å². The lowest BCUT2D eigenvalue weighted by Crippen LogP contribution is -2.23. The third-order valence-electron chi connectivity index (χ3n) is 3.08. The molecule has 0 aromatic carbocycles. The topological polar surface area (TPSA) is 26.3 Å². The van der Waals surface area contributed by atoms with E-state index in [1.54, 1.807) is 0 Å². The fraction of sp³-hybridized carbons (Fsp3) is 0.769. The third kappa shape index (κ3) is 4.06. The van der Waals surface area contributed by atoms with Gasteiger partial charge in [-0.2, -0.15) is 0 Å². The van der Waals surface area contributed by atoms with Crippen molar-refractivity contribution in [3.8, 4) is 0 Å². The van der Waals surface area contributed by atoms with E-state index < -0.39 is 0 Å². The quantitative estimate of drug-likeness (QED) is 0.526. The first-order valence-corrected chi connectivity index (χ1v) is 5.96. The van der Waals surface area contributed by atoms with Crippen molar-refractivity contribution in [2.45, 2.75) is 40.0 Å². The largest absolute Gasteiger partial charge is 0.465 e. The van der Waals surface area contributed by atoms with Crippen LogP contribution < -0.4 is 0 Å². The van der Waals surface area contributed by atoms with Gasteiger partial charge < -0.3 is 4.74 Å². The molecular weight excluding hydrogens is 188 g/mol. The molecule has 15 heavy (non-hydrogen) atoms. The van der Waals surface area contributed by atoms with Crippen LogP contribution in [0.15, 0.2) is 12.2 Å². The standard InChI is InChI=1S/C13H22O2/c1-4-10(2)9-15-13(14)12-7-5-6-11(3)8-12/h5-6,10-12H,4,7-9H2,1-3H3. The zero-order valence-electron chi connectivity index (χ0n) is 10.0. The van der Waals surface area contributed by atoms with Gasteiger partial charge in [0.05, 0.1) is 12.5 Å². The maximum Gasteiger partial charge on any atom is 0.309 e. The number of rotatable bonds is 4. The van der Waals surface area contributed by atoms with Gasteiger partial charge in [-0.25, -0.2) is 0 Å². The molecule has 2 nitrogen and oxygen atoms in total. The van der Waals surface area contributed by atoms with E-state index >= 15 is 0 Å². The molecule has 1 aliphatic carbocycles. The van der Waals surface area contributed by atoms with E-state index in [1.165, 1.54) is 0 Å². The van der Waals surface area contributed by atoms with Gasteiger partial charge >= 0.3 is 5.97 Å². The van der Waals surface area contributed by atoms with Crippen molar-refractivity contribution < 1.29 is 9.53 Å². The molecule has 0 bridgehead atoms. The van der Waals surface area contributed by atoms with Crippen molar-refractivity contribution >= 4 is 5.97 Å². The van der Waals surface area contributed by atoms with Crippen molar-refractivity contribution in [3.05, 3.63) is 12.2 Å².